The van der Waals surface area contributed by atoms with Crippen LogP contribution in [0, 0.1) is 0 Å². The number of carbonyl (C=O) groups excluding carboxylic acids is 1. The van der Waals surface area contributed by atoms with Gasteiger partial charge in [-0.25, -0.2) is 13.6 Å². The van der Waals surface area contributed by atoms with E-state index in [2.05, 4.69) is 26.1 Å². The highest BCUT2D eigenvalue weighted by molar-refractivity contribution is 8.00. The van der Waals surface area contributed by atoms with Gasteiger partial charge in [-0.15, -0.1) is 21.5 Å². The van der Waals surface area contributed by atoms with Gasteiger partial charge in [0.1, 0.15) is 5.82 Å². The maximum atomic E-state index is 12.6. The molecule has 1 aliphatic rings. The van der Waals surface area contributed by atoms with Crippen LogP contribution in [0.4, 0.5) is 5.69 Å². The summed E-state index contributed by atoms with van der Waals surface area (Å²) in [5, 5.41) is 19.0. The van der Waals surface area contributed by atoms with Gasteiger partial charge in [0, 0.05) is 23.0 Å². The Morgan fingerprint density at radius 1 is 1.30 bits per heavy atom. The average Bonchev–Trinajstić information content (AvgIpc) is 3.25. The highest BCUT2D eigenvalue weighted by Crippen LogP contribution is 2.40. The predicted molar refractivity (Wildman–Crippen MR) is 117 cm³/mol. The highest BCUT2D eigenvalue weighted by atomic mass is 32.2. The van der Waals surface area contributed by atoms with Crippen LogP contribution in [-0.4, -0.2) is 34.3 Å². The minimum absolute atomic E-state index is 0.00118. The van der Waals surface area contributed by atoms with Crippen molar-refractivity contribution in [1.82, 2.24) is 14.8 Å². The van der Waals surface area contributed by atoms with Crippen LogP contribution in [0.15, 0.2) is 51.8 Å². The monoisotopic (exact) mass is 463 g/mol. The van der Waals surface area contributed by atoms with Crippen molar-refractivity contribution in [3.05, 3.63) is 52.5 Å². The Bertz CT molecular complexity index is 1140. The summed E-state index contributed by atoms with van der Waals surface area (Å²) in [5.74, 6) is 0.724. The molecule has 3 N–H and O–H groups in total. The Balaban J connectivity index is 1.44. The van der Waals surface area contributed by atoms with Gasteiger partial charge < -0.3 is 9.88 Å². The molecule has 4 rings (SSSR count). The first-order valence-electron chi connectivity index (χ1n) is 9.38. The van der Waals surface area contributed by atoms with E-state index in [4.69, 9.17) is 5.14 Å². The van der Waals surface area contributed by atoms with Crippen LogP contribution in [-0.2, 0) is 21.2 Å². The maximum Gasteiger partial charge on any atom is 0.238 e. The molecular formula is C19H21N5O3S3. The molecule has 1 fully saturated rings. The van der Waals surface area contributed by atoms with E-state index in [0.29, 0.717) is 11.7 Å². The van der Waals surface area contributed by atoms with Crippen molar-refractivity contribution in [2.24, 2.45) is 5.14 Å². The first-order valence-corrected chi connectivity index (χ1v) is 12.7. The molecule has 2 heterocycles. The second-order valence-electron chi connectivity index (χ2n) is 7.07. The summed E-state index contributed by atoms with van der Waals surface area (Å²) in [6, 6.07) is 10.3. The molecular weight excluding hydrogens is 442 g/mol. The zero-order valence-electron chi connectivity index (χ0n) is 16.2. The summed E-state index contributed by atoms with van der Waals surface area (Å²) < 4.78 is 24.9. The van der Waals surface area contributed by atoms with Crippen molar-refractivity contribution in [2.45, 2.75) is 47.5 Å². The van der Waals surface area contributed by atoms with Gasteiger partial charge in [-0.3, -0.25) is 4.79 Å². The zero-order valence-corrected chi connectivity index (χ0v) is 18.6. The topological polar surface area (TPSA) is 120 Å². The number of benzene rings is 1. The van der Waals surface area contributed by atoms with Gasteiger partial charge in [-0.2, -0.15) is 0 Å². The predicted octanol–water partition coefficient (Wildman–Crippen LogP) is 3.03. The first kappa shape index (κ1) is 21.0. The Hall–Kier alpha value is -2.21. The molecule has 30 heavy (non-hydrogen) atoms. The van der Waals surface area contributed by atoms with Crippen molar-refractivity contribution in [1.29, 1.82) is 0 Å². The Kier molecular flexibility index (Phi) is 5.96. The van der Waals surface area contributed by atoms with Gasteiger partial charge in [-0.05, 0) is 55.5 Å². The number of thiophene rings is 1. The molecule has 1 atom stereocenters. The molecule has 8 nitrogen and oxygen atoms in total. The van der Waals surface area contributed by atoms with E-state index in [0.717, 1.165) is 30.2 Å². The number of hydrogen-bond acceptors (Lipinski definition) is 7. The van der Waals surface area contributed by atoms with Crippen molar-refractivity contribution >= 4 is 44.7 Å². The number of anilines is 1. The molecule has 11 heteroatoms. The van der Waals surface area contributed by atoms with E-state index in [-0.39, 0.29) is 10.8 Å². The molecule has 1 aliphatic carbocycles. The number of thioether (sulfide) groups is 1. The van der Waals surface area contributed by atoms with E-state index >= 15 is 0 Å². The molecule has 0 saturated heterocycles. The number of primary sulfonamides is 1. The van der Waals surface area contributed by atoms with Crippen LogP contribution in [0.5, 0.6) is 0 Å². The molecule has 0 spiro atoms. The lowest BCUT2D eigenvalue weighted by Gasteiger charge is -2.13. The second-order valence-corrected chi connectivity index (χ2v) is 11.0. The number of amides is 1. The quantitative estimate of drug-likeness (QED) is 0.496. The molecule has 2 aromatic heterocycles. The van der Waals surface area contributed by atoms with Crippen molar-refractivity contribution in [3.8, 4) is 0 Å². The number of rotatable bonds is 8. The lowest BCUT2D eigenvalue weighted by Crippen LogP contribution is -2.23. The minimum atomic E-state index is -3.76. The lowest BCUT2D eigenvalue weighted by molar-refractivity contribution is -0.115. The summed E-state index contributed by atoms with van der Waals surface area (Å²) in [6.07, 6.45) is 2.93. The van der Waals surface area contributed by atoms with Crippen LogP contribution >= 0.6 is 23.1 Å². The van der Waals surface area contributed by atoms with Crippen LogP contribution in [0.1, 0.15) is 36.5 Å². The molecule has 3 aromatic rings. The van der Waals surface area contributed by atoms with Gasteiger partial charge in [-0.1, -0.05) is 17.8 Å². The largest absolute Gasteiger partial charge is 0.325 e. The third-order valence-corrected chi connectivity index (χ3v) is 7.52. The summed E-state index contributed by atoms with van der Waals surface area (Å²) in [4.78, 5) is 13.9. The smallest absolute Gasteiger partial charge is 0.238 e. The molecule has 1 saturated carbocycles. The Labute approximate surface area is 182 Å². The van der Waals surface area contributed by atoms with E-state index in [1.807, 2.05) is 18.4 Å². The molecule has 0 aliphatic heterocycles. The number of nitrogens with zero attached hydrogens (tertiary/aromatic N) is 3. The fourth-order valence-corrected chi connectivity index (χ4v) is 5.12. The number of sulfonamides is 1. The Morgan fingerprint density at radius 2 is 2.03 bits per heavy atom. The van der Waals surface area contributed by atoms with Gasteiger partial charge in [0.05, 0.1) is 10.1 Å². The molecule has 0 bridgehead atoms. The SMILES string of the molecule is CC(Sc1nnc(Cc2cccs2)n1C1CC1)C(=O)Nc1ccc(S(N)(=O)=O)cc1. The van der Waals surface area contributed by atoms with Crippen LogP contribution < -0.4 is 10.5 Å². The first-order chi connectivity index (χ1) is 14.3. The number of carbonyl (C=O) groups is 1. The standard InChI is InChI=1S/C19H21N5O3S3/c1-12(18(25)21-13-4-8-16(9-5-13)30(20,26)27)29-19-23-22-17(24(19)14-6-7-14)11-15-3-2-10-28-15/h2-5,8-10,12,14H,6-7,11H2,1H3,(H,21,25)(H2,20,26,27). The van der Waals surface area contributed by atoms with Crippen molar-refractivity contribution < 1.29 is 13.2 Å². The van der Waals surface area contributed by atoms with Gasteiger partial charge in [0.25, 0.3) is 0 Å². The normalized spacial score (nSPS) is 15.1. The Morgan fingerprint density at radius 3 is 2.63 bits per heavy atom. The molecule has 0 radical (unpaired) electrons. The third-order valence-electron chi connectivity index (χ3n) is 4.66. The van der Waals surface area contributed by atoms with E-state index in [1.165, 1.54) is 40.9 Å². The number of nitrogens with one attached hydrogen (secondary N) is 1. The van der Waals surface area contributed by atoms with Crippen molar-refractivity contribution in [3.63, 3.8) is 0 Å². The van der Waals surface area contributed by atoms with Gasteiger partial charge in [0.15, 0.2) is 5.16 Å². The van der Waals surface area contributed by atoms with E-state index in [9.17, 15) is 13.2 Å². The van der Waals surface area contributed by atoms with E-state index in [1.54, 1.807) is 11.3 Å². The third kappa shape index (κ3) is 4.91. The molecule has 1 aromatic carbocycles. The highest BCUT2D eigenvalue weighted by Gasteiger charge is 2.31. The summed E-state index contributed by atoms with van der Waals surface area (Å²) in [7, 11) is -3.76. The van der Waals surface area contributed by atoms with Gasteiger partial charge in [0.2, 0.25) is 15.9 Å². The van der Waals surface area contributed by atoms with Crippen LogP contribution in [0.2, 0.25) is 0 Å². The second kappa shape index (κ2) is 8.50. The average molecular weight is 464 g/mol. The number of aromatic nitrogens is 3. The molecule has 158 valence electrons. The summed E-state index contributed by atoms with van der Waals surface area (Å²) in [5.41, 5.74) is 0.502. The number of nitrogens with two attached hydrogens (primary N) is 1. The lowest BCUT2D eigenvalue weighted by atomic mass is 10.3. The minimum Gasteiger partial charge on any atom is -0.325 e. The van der Waals surface area contributed by atoms with Gasteiger partial charge >= 0.3 is 0 Å². The number of hydrogen-bond donors (Lipinski definition) is 2. The van der Waals surface area contributed by atoms with E-state index < -0.39 is 15.3 Å². The maximum absolute atomic E-state index is 12.6. The fraction of sp³-hybridized carbons (Fsp3) is 0.316. The van der Waals surface area contributed by atoms with Crippen molar-refractivity contribution in [2.75, 3.05) is 5.32 Å². The molecule has 1 unspecified atom stereocenters. The fourth-order valence-electron chi connectivity index (χ4n) is 2.96. The van der Waals surface area contributed by atoms with Crippen LogP contribution in [0.3, 0.4) is 0 Å². The molecule has 1 amide bonds. The zero-order chi connectivity index (χ0) is 21.3. The summed E-state index contributed by atoms with van der Waals surface area (Å²) >= 11 is 3.06. The summed E-state index contributed by atoms with van der Waals surface area (Å²) in [6.45, 7) is 1.81. The van der Waals surface area contributed by atoms with Crippen LogP contribution in [0.25, 0.3) is 0 Å².